The molecule has 4 nitrogen and oxygen atoms in total. The van der Waals surface area contributed by atoms with Crippen molar-refractivity contribution in [2.75, 3.05) is 24.1 Å². The summed E-state index contributed by atoms with van der Waals surface area (Å²) in [6.07, 6.45) is 4.13. The van der Waals surface area contributed by atoms with Crippen LogP contribution < -0.4 is 16.4 Å². The van der Waals surface area contributed by atoms with Crippen molar-refractivity contribution in [1.82, 2.24) is 10.3 Å². The molecule has 0 bridgehead atoms. The fourth-order valence-corrected chi connectivity index (χ4v) is 2.47. The second kappa shape index (κ2) is 4.82. The molecule has 0 saturated carbocycles. The largest absolute Gasteiger partial charge is 0.399 e. The van der Waals surface area contributed by atoms with Gasteiger partial charge in [-0.05, 0) is 55.6 Å². The molecule has 94 valence electrons. The molecule has 1 aromatic heterocycles. The van der Waals surface area contributed by atoms with Crippen molar-refractivity contribution in [2.24, 2.45) is 0 Å². The number of piperidine rings is 1. The molecule has 0 aliphatic carbocycles. The molecular formula is C14H18N4. The predicted molar refractivity (Wildman–Crippen MR) is 75.7 cm³/mol. The van der Waals surface area contributed by atoms with Gasteiger partial charge in [-0.15, -0.1) is 0 Å². The van der Waals surface area contributed by atoms with Crippen LogP contribution in [-0.4, -0.2) is 24.1 Å². The first-order chi connectivity index (χ1) is 8.83. The first-order valence-electron chi connectivity index (χ1n) is 6.44. The number of fused-ring (bicyclic) bond motifs is 1. The summed E-state index contributed by atoms with van der Waals surface area (Å²) in [6.45, 7) is 2.16. The fraction of sp³-hybridized carbons (Fsp3) is 0.357. The van der Waals surface area contributed by atoms with Crippen molar-refractivity contribution < 1.29 is 0 Å². The Morgan fingerprint density at radius 1 is 1.22 bits per heavy atom. The van der Waals surface area contributed by atoms with Crippen molar-refractivity contribution >= 4 is 22.3 Å². The molecular weight excluding hydrogens is 224 g/mol. The number of nitrogens with one attached hydrogen (secondary N) is 2. The van der Waals surface area contributed by atoms with E-state index in [9.17, 15) is 0 Å². The quantitative estimate of drug-likeness (QED) is 0.705. The third-order valence-electron chi connectivity index (χ3n) is 3.47. The van der Waals surface area contributed by atoms with Crippen LogP contribution in [0.2, 0.25) is 0 Å². The summed E-state index contributed by atoms with van der Waals surface area (Å²) >= 11 is 0. The normalized spacial score (nSPS) is 16.9. The van der Waals surface area contributed by atoms with Crippen molar-refractivity contribution in [3.05, 3.63) is 30.5 Å². The summed E-state index contributed by atoms with van der Waals surface area (Å²) in [5, 5.41) is 9.20. The van der Waals surface area contributed by atoms with Gasteiger partial charge in [0, 0.05) is 23.3 Å². The van der Waals surface area contributed by atoms with Gasteiger partial charge >= 0.3 is 0 Å². The molecule has 18 heavy (non-hydrogen) atoms. The van der Waals surface area contributed by atoms with Crippen LogP contribution in [0, 0.1) is 0 Å². The Morgan fingerprint density at radius 3 is 2.89 bits per heavy atom. The Morgan fingerprint density at radius 2 is 2.06 bits per heavy atom. The lowest BCUT2D eigenvalue weighted by atomic mass is 10.1. The van der Waals surface area contributed by atoms with Crippen LogP contribution in [-0.2, 0) is 0 Å². The van der Waals surface area contributed by atoms with E-state index in [1.807, 2.05) is 30.5 Å². The number of rotatable bonds is 2. The lowest BCUT2D eigenvalue weighted by molar-refractivity contribution is 0.478. The van der Waals surface area contributed by atoms with Gasteiger partial charge < -0.3 is 16.4 Å². The minimum atomic E-state index is 0.516. The topological polar surface area (TPSA) is 63.0 Å². The maximum absolute atomic E-state index is 5.81. The summed E-state index contributed by atoms with van der Waals surface area (Å²) in [4.78, 5) is 4.46. The van der Waals surface area contributed by atoms with E-state index in [2.05, 4.69) is 15.6 Å². The summed E-state index contributed by atoms with van der Waals surface area (Å²) in [6, 6.07) is 8.48. The number of pyridine rings is 1. The Hall–Kier alpha value is -1.81. The summed E-state index contributed by atoms with van der Waals surface area (Å²) in [5.41, 5.74) is 6.60. The molecule has 1 saturated heterocycles. The molecule has 0 radical (unpaired) electrons. The highest BCUT2D eigenvalue weighted by molar-refractivity contribution is 5.93. The van der Waals surface area contributed by atoms with E-state index in [-0.39, 0.29) is 0 Å². The summed E-state index contributed by atoms with van der Waals surface area (Å²) in [5.74, 6) is 0.972. The molecule has 0 unspecified atom stereocenters. The van der Waals surface area contributed by atoms with E-state index in [1.165, 1.54) is 0 Å². The van der Waals surface area contributed by atoms with Crippen LogP contribution in [0.5, 0.6) is 0 Å². The smallest absolute Gasteiger partial charge is 0.134 e. The van der Waals surface area contributed by atoms with E-state index < -0.39 is 0 Å². The van der Waals surface area contributed by atoms with Gasteiger partial charge in [0.05, 0.1) is 0 Å². The van der Waals surface area contributed by atoms with Crippen molar-refractivity contribution in [1.29, 1.82) is 0 Å². The zero-order chi connectivity index (χ0) is 12.4. The van der Waals surface area contributed by atoms with Crippen LogP contribution in [0.1, 0.15) is 12.8 Å². The molecule has 1 aromatic carbocycles. The molecule has 4 heteroatoms. The van der Waals surface area contributed by atoms with Crippen LogP contribution in [0.4, 0.5) is 11.5 Å². The highest BCUT2D eigenvalue weighted by Crippen LogP contribution is 2.24. The third kappa shape index (κ3) is 2.24. The van der Waals surface area contributed by atoms with E-state index in [4.69, 9.17) is 5.73 Å². The number of nitrogens with two attached hydrogens (primary N) is 1. The number of hydrogen-bond donors (Lipinski definition) is 3. The fourth-order valence-electron chi connectivity index (χ4n) is 2.47. The highest BCUT2D eigenvalue weighted by atomic mass is 15.0. The monoisotopic (exact) mass is 242 g/mol. The Labute approximate surface area is 107 Å². The van der Waals surface area contributed by atoms with Crippen LogP contribution in [0.3, 0.4) is 0 Å². The first-order valence-corrected chi connectivity index (χ1v) is 6.44. The maximum Gasteiger partial charge on any atom is 0.134 e. The lowest BCUT2D eigenvalue weighted by Gasteiger charge is -2.24. The molecule has 4 N–H and O–H groups in total. The predicted octanol–water partition coefficient (Wildman–Crippen LogP) is 1.98. The molecule has 0 atom stereocenters. The molecule has 0 spiro atoms. The van der Waals surface area contributed by atoms with Gasteiger partial charge in [-0.3, -0.25) is 0 Å². The Bertz CT molecular complexity index is 546. The number of aromatic nitrogens is 1. The zero-order valence-corrected chi connectivity index (χ0v) is 10.3. The summed E-state index contributed by atoms with van der Waals surface area (Å²) < 4.78 is 0. The van der Waals surface area contributed by atoms with Gasteiger partial charge in [0.2, 0.25) is 0 Å². The Balaban J connectivity index is 1.91. The molecule has 2 heterocycles. The lowest BCUT2D eigenvalue weighted by Crippen LogP contribution is -2.35. The van der Waals surface area contributed by atoms with Crippen LogP contribution in [0.25, 0.3) is 10.8 Å². The van der Waals surface area contributed by atoms with E-state index in [0.717, 1.165) is 48.2 Å². The Kier molecular flexibility index (Phi) is 3.02. The zero-order valence-electron chi connectivity index (χ0n) is 10.3. The molecule has 0 amide bonds. The molecule has 1 fully saturated rings. The van der Waals surface area contributed by atoms with E-state index >= 15 is 0 Å². The van der Waals surface area contributed by atoms with Crippen molar-refractivity contribution in [3.8, 4) is 0 Å². The second-order valence-corrected chi connectivity index (χ2v) is 4.81. The van der Waals surface area contributed by atoms with Gasteiger partial charge in [0.1, 0.15) is 5.82 Å². The van der Waals surface area contributed by atoms with Gasteiger partial charge in [-0.25, -0.2) is 4.98 Å². The van der Waals surface area contributed by atoms with Crippen molar-refractivity contribution in [3.63, 3.8) is 0 Å². The SMILES string of the molecule is Nc1ccc2c(NC3CCNCC3)nccc2c1. The molecule has 1 aliphatic heterocycles. The van der Waals surface area contributed by atoms with Gasteiger partial charge in [0.25, 0.3) is 0 Å². The minimum Gasteiger partial charge on any atom is -0.399 e. The summed E-state index contributed by atoms with van der Waals surface area (Å²) in [7, 11) is 0. The maximum atomic E-state index is 5.81. The number of hydrogen-bond acceptors (Lipinski definition) is 4. The number of nitrogen functional groups attached to an aromatic ring is 1. The average Bonchev–Trinajstić information content (AvgIpc) is 2.40. The number of benzene rings is 1. The second-order valence-electron chi connectivity index (χ2n) is 4.81. The highest BCUT2D eigenvalue weighted by Gasteiger charge is 2.14. The first kappa shape index (κ1) is 11.3. The number of nitrogens with zero attached hydrogens (tertiary/aromatic N) is 1. The van der Waals surface area contributed by atoms with E-state index in [0.29, 0.717) is 6.04 Å². The molecule has 3 rings (SSSR count). The minimum absolute atomic E-state index is 0.516. The van der Waals surface area contributed by atoms with Gasteiger partial charge in [-0.1, -0.05) is 0 Å². The van der Waals surface area contributed by atoms with E-state index in [1.54, 1.807) is 0 Å². The van der Waals surface area contributed by atoms with Gasteiger partial charge in [0.15, 0.2) is 0 Å². The molecule has 1 aliphatic rings. The van der Waals surface area contributed by atoms with Crippen LogP contribution in [0.15, 0.2) is 30.5 Å². The standard InChI is InChI=1S/C14H18N4/c15-11-1-2-13-10(9-11)3-8-17-14(13)18-12-4-6-16-7-5-12/h1-3,8-9,12,16H,4-7,15H2,(H,17,18). The van der Waals surface area contributed by atoms with Crippen LogP contribution >= 0.6 is 0 Å². The molecule has 2 aromatic rings. The van der Waals surface area contributed by atoms with Crippen molar-refractivity contribution in [2.45, 2.75) is 18.9 Å². The van der Waals surface area contributed by atoms with Gasteiger partial charge in [-0.2, -0.15) is 0 Å². The average molecular weight is 242 g/mol. The third-order valence-corrected chi connectivity index (χ3v) is 3.47. The number of anilines is 2.